The van der Waals surface area contributed by atoms with Crippen LogP contribution in [0.3, 0.4) is 0 Å². The molecule has 2 aromatic rings. The number of primary amides is 1. The number of anilines is 1. The average molecular weight is 1180 g/mol. The molecular formula is C53H72N14O15S. The minimum absolute atomic E-state index is 0.0334. The standard InChI is InChI=1S/C53H72N14O15S/c1-6-25(3)44-50(80)57-21-40(72)60-35-24-83-52-31(30-17-28(10-11-32(30)63-52)59-38(70)9-8-15-55-46(76)27(5)58-39(71)14-16-66-42(74)12-13-43(66)75)19-33(47(77)56-22-41(73)64-44)61-51(81)45(26(4)7-2)65-49(79)36-18-29(68)23-67(36)53(82)34(20-37(54)69)62-48(35)78/h10-13,17,25-27,29,33-36,44-45,63,68H,6-9,14-16,18-24H2,1-5H3,(H2,54,69)(H,55,76)(H,56,77)(H,57,80)(H,58,71)(H,59,70)(H,60,72)(H,61,81)(H,62,78)(H,64,73)(H,65,79)/t25-,26?,27?,29+,33-,34-,35-,36-,44-,45-/m0/s1. The smallest absolute Gasteiger partial charge is 0.253 e. The van der Waals surface area contributed by atoms with Crippen molar-refractivity contribution in [3.8, 4) is 0 Å². The van der Waals surface area contributed by atoms with Crippen LogP contribution in [0.5, 0.6) is 0 Å². The Morgan fingerprint density at radius 3 is 2.07 bits per heavy atom. The number of aliphatic hydroxyl groups is 1. The van der Waals surface area contributed by atoms with Gasteiger partial charge in [0.25, 0.3) is 11.8 Å². The van der Waals surface area contributed by atoms with E-state index in [1.165, 1.54) is 6.92 Å². The van der Waals surface area contributed by atoms with Gasteiger partial charge in [0.15, 0.2) is 0 Å². The second-order valence-electron chi connectivity index (χ2n) is 20.9. The fourth-order valence-corrected chi connectivity index (χ4v) is 10.7. The summed E-state index contributed by atoms with van der Waals surface area (Å²) >= 11 is 0.957. The molecule has 1 aromatic carbocycles. The van der Waals surface area contributed by atoms with Crippen molar-refractivity contribution in [1.29, 1.82) is 0 Å². The Morgan fingerprint density at radius 1 is 0.759 bits per heavy atom. The van der Waals surface area contributed by atoms with Gasteiger partial charge in [-0.3, -0.25) is 72.0 Å². The van der Waals surface area contributed by atoms with Crippen molar-refractivity contribution in [3.05, 3.63) is 35.9 Å². The normalized spacial score (nSPS) is 24.4. The van der Waals surface area contributed by atoms with Crippen LogP contribution < -0.4 is 58.9 Å². The summed E-state index contributed by atoms with van der Waals surface area (Å²) in [6.45, 7) is 6.35. The minimum Gasteiger partial charge on any atom is -0.391 e. The summed E-state index contributed by atoms with van der Waals surface area (Å²) in [6, 6.07) is -5.10. The highest BCUT2D eigenvalue weighted by Crippen LogP contribution is 2.34. The molecule has 29 nitrogen and oxygen atoms in total. The molecule has 1 saturated heterocycles. The Morgan fingerprint density at radius 2 is 1.41 bits per heavy atom. The molecule has 2 bridgehead atoms. The number of fused-ring (bicyclic) bond motifs is 5. The predicted molar refractivity (Wildman–Crippen MR) is 296 cm³/mol. The summed E-state index contributed by atoms with van der Waals surface area (Å²) < 4.78 is 0. The molecule has 0 aliphatic carbocycles. The topological polar surface area (TPSA) is 428 Å². The van der Waals surface area contributed by atoms with Crippen LogP contribution in [-0.2, 0) is 73.5 Å². The van der Waals surface area contributed by atoms with Crippen LogP contribution in [0.25, 0.3) is 10.9 Å². The Balaban J connectivity index is 1.33. The van der Waals surface area contributed by atoms with Gasteiger partial charge in [0.2, 0.25) is 70.9 Å². The molecule has 1 fully saturated rings. The van der Waals surface area contributed by atoms with E-state index in [0.29, 0.717) is 29.3 Å². The van der Waals surface area contributed by atoms with E-state index in [1.807, 2.05) is 0 Å². The Kier molecular flexibility index (Phi) is 22.3. The number of benzene rings is 1. The van der Waals surface area contributed by atoms with Crippen LogP contribution in [0.2, 0.25) is 0 Å². The number of carbonyl (C=O) groups excluding carboxylic acids is 14. The van der Waals surface area contributed by atoms with E-state index in [1.54, 1.807) is 45.9 Å². The van der Waals surface area contributed by atoms with Gasteiger partial charge in [-0.05, 0) is 48.9 Å². The molecule has 4 aliphatic rings. The highest BCUT2D eigenvalue weighted by molar-refractivity contribution is 7.99. The van der Waals surface area contributed by atoms with Crippen molar-refractivity contribution >= 4 is 111 Å². The first-order valence-corrected chi connectivity index (χ1v) is 28.4. The number of H-pyrrole nitrogens is 1. The summed E-state index contributed by atoms with van der Waals surface area (Å²) in [6.07, 6.45) is 0.0244. The van der Waals surface area contributed by atoms with E-state index in [2.05, 4.69) is 58.2 Å². The van der Waals surface area contributed by atoms with Crippen LogP contribution in [-0.4, -0.2) is 189 Å². The summed E-state index contributed by atoms with van der Waals surface area (Å²) in [5.74, 6) is -12.3. The first-order valence-electron chi connectivity index (χ1n) is 27.4. The number of nitrogens with zero attached hydrogens (tertiary/aromatic N) is 2. The maximum absolute atomic E-state index is 14.7. The fraction of sp³-hybridized carbons (Fsp3) is 0.547. The lowest BCUT2D eigenvalue weighted by atomic mass is 9.96. The van der Waals surface area contributed by atoms with Gasteiger partial charge >= 0.3 is 0 Å². The number of aromatic amines is 1. The third-order valence-corrected chi connectivity index (χ3v) is 15.8. The molecule has 83 heavy (non-hydrogen) atoms. The Hall–Kier alpha value is -8.41. The third kappa shape index (κ3) is 17.1. The van der Waals surface area contributed by atoms with E-state index in [9.17, 15) is 72.2 Å². The number of hydrogen-bond donors (Lipinski definition) is 13. The van der Waals surface area contributed by atoms with Gasteiger partial charge in [-0.25, -0.2) is 0 Å². The number of amides is 14. The predicted octanol–water partition coefficient (Wildman–Crippen LogP) is -3.93. The van der Waals surface area contributed by atoms with Crippen molar-refractivity contribution in [2.75, 3.05) is 43.8 Å². The maximum atomic E-state index is 14.7. The molecule has 30 heteroatoms. The number of imide groups is 1. The number of thioether (sulfide) groups is 1. The van der Waals surface area contributed by atoms with Gasteiger partial charge < -0.3 is 73.9 Å². The van der Waals surface area contributed by atoms with Crippen LogP contribution in [0, 0.1) is 11.8 Å². The van der Waals surface area contributed by atoms with Gasteiger partial charge in [0.05, 0.1) is 30.6 Å². The van der Waals surface area contributed by atoms with E-state index in [0.717, 1.165) is 33.7 Å². The summed E-state index contributed by atoms with van der Waals surface area (Å²) in [5, 5.41) is 37.6. The Labute approximate surface area is 481 Å². The zero-order valence-electron chi connectivity index (χ0n) is 46.6. The monoisotopic (exact) mass is 1180 g/mol. The number of nitrogens with two attached hydrogens (primary N) is 1. The van der Waals surface area contributed by atoms with Crippen molar-refractivity contribution in [2.45, 2.75) is 139 Å². The summed E-state index contributed by atoms with van der Waals surface area (Å²) in [5.41, 5.74) is 6.59. The van der Waals surface area contributed by atoms with E-state index >= 15 is 0 Å². The zero-order valence-corrected chi connectivity index (χ0v) is 47.4. The largest absolute Gasteiger partial charge is 0.391 e. The molecule has 1 aromatic heterocycles. The molecule has 5 heterocycles. The zero-order chi connectivity index (χ0) is 60.8. The lowest BCUT2D eigenvalue weighted by molar-refractivity contribution is -0.143. The molecule has 0 spiro atoms. The second kappa shape index (κ2) is 29.0. The number of nitrogens with one attached hydrogen (secondary N) is 11. The first-order chi connectivity index (χ1) is 39.4. The fourth-order valence-electron chi connectivity index (χ4n) is 9.60. The third-order valence-electron chi connectivity index (χ3n) is 14.7. The molecule has 14 amide bonds. The molecule has 14 N–H and O–H groups in total. The highest BCUT2D eigenvalue weighted by Gasteiger charge is 2.44. The average Bonchev–Trinajstić information content (AvgIpc) is 4.34. The SMILES string of the molecule is CCC(C)[C@@H]1NC(=O)[C@@H]2C[C@@H](O)CN2C(=O)[C@H](CC(N)=O)NC(=O)[C@@H]2CSc3[nH]c4ccc(NC(=O)CCCNC(=O)C(C)NC(=O)CCN5C(=O)C=CC5=O)cc4c3C[C@H](NC1=O)C(=O)NCC(=O)N[C@@H]([C@@H](C)CC)C(=O)NCC(=O)N2. The van der Waals surface area contributed by atoms with Gasteiger partial charge in [0, 0.05) is 79.8 Å². The van der Waals surface area contributed by atoms with Gasteiger partial charge in [-0.15, -0.1) is 11.8 Å². The number of carbonyl (C=O) groups is 14. The van der Waals surface area contributed by atoms with Crippen molar-refractivity contribution < 1.29 is 72.2 Å². The minimum atomic E-state index is -1.74. The molecule has 4 aliphatic heterocycles. The maximum Gasteiger partial charge on any atom is 0.253 e. The summed E-state index contributed by atoms with van der Waals surface area (Å²) in [4.78, 5) is 193. The molecule has 6 rings (SSSR count). The van der Waals surface area contributed by atoms with Gasteiger partial charge in [-0.2, -0.15) is 0 Å². The number of rotatable bonds is 16. The van der Waals surface area contributed by atoms with Crippen LogP contribution in [0.15, 0.2) is 35.4 Å². The van der Waals surface area contributed by atoms with Crippen molar-refractivity contribution in [3.63, 3.8) is 0 Å². The molecule has 0 saturated carbocycles. The molecule has 2 unspecified atom stereocenters. The van der Waals surface area contributed by atoms with Crippen molar-refractivity contribution in [1.82, 2.24) is 62.6 Å². The lowest BCUT2D eigenvalue weighted by Crippen LogP contribution is -2.61. The van der Waals surface area contributed by atoms with Crippen molar-refractivity contribution in [2.24, 2.45) is 17.6 Å². The number of aromatic nitrogens is 1. The summed E-state index contributed by atoms with van der Waals surface area (Å²) in [7, 11) is 0. The van der Waals surface area contributed by atoms with Gasteiger partial charge in [0.1, 0.15) is 42.3 Å². The molecule has 10 atom stereocenters. The van der Waals surface area contributed by atoms with Crippen LogP contribution in [0.4, 0.5) is 5.69 Å². The quantitative estimate of drug-likeness (QED) is 0.0564. The lowest BCUT2D eigenvalue weighted by Gasteiger charge is -2.32. The van der Waals surface area contributed by atoms with E-state index in [-0.39, 0.29) is 61.7 Å². The van der Waals surface area contributed by atoms with Gasteiger partial charge in [-0.1, -0.05) is 40.5 Å². The number of aliphatic hydroxyl groups excluding tert-OH is 1. The van der Waals surface area contributed by atoms with Crippen LogP contribution >= 0.6 is 11.8 Å². The Bertz CT molecular complexity index is 2910. The number of hydrogen-bond acceptors (Lipinski definition) is 16. The molecule has 0 radical (unpaired) electrons. The molecular weight excluding hydrogens is 1100 g/mol. The van der Waals surface area contributed by atoms with Crippen LogP contribution in [0.1, 0.15) is 85.1 Å². The highest BCUT2D eigenvalue weighted by atomic mass is 32.2. The van der Waals surface area contributed by atoms with E-state index < -0.39 is 169 Å². The second-order valence-corrected chi connectivity index (χ2v) is 21.9. The molecule has 450 valence electrons. The van der Waals surface area contributed by atoms with E-state index in [4.69, 9.17) is 5.73 Å². The first kappa shape index (κ1) is 63.8.